The van der Waals surface area contributed by atoms with Crippen LogP contribution in [0.3, 0.4) is 0 Å². The predicted octanol–water partition coefficient (Wildman–Crippen LogP) is 5.43. The topological polar surface area (TPSA) is 51.2 Å². The summed E-state index contributed by atoms with van der Waals surface area (Å²) in [7, 11) is 0. The molecule has 1 saturated heterocycles. The average molecular weight is 415 g/mol. The van der Waals surface area contributed by atoms with Gasteiger partial charge in [0.05, 0.1) is 27.9 Å². The largest absolute Gasteiger partial charge is 0.376 e. The van der Waals surface area contributed by atoms with E-state index in [9.17, 15) is 4.79 Å². The van der Waals surface area contributed by atoms with E-state index >= 15 is 0 Å². The normalized spacial score (nSPS) is 16.5. The van der Waals surface area contributed by atoms with Crippen molar-refractivity contribution < 1.29 is 9.53 Å². The van der Waals surface area contributed by atoms with E-state index in [-0.39, 0.29) is 12.0 Å². The monoisotopic (exact) mass is 414 g/mol. The fraction of sp³-hybridized carbons (Fsp3) is 0.273. The summed E-state index contributed by atoms with van der Waals surface area (Å²) in [6.45, 7) is 3.17. The number of carbonyl (C=O) groups excluding carboxylic acids is 1. The van der Waals surface area contributed by atoms with E-state index in [2.05, 4.69) is 5.32 Å². The van der Waals surface area contributed by atoms with Crippen molar-refractivity contribution in [3.8, 4) is 11.3 Å². The summed E-state index contributed by atoms with van der Waals surface area (Å²) in [6, 6.07) is 12.9. The number of ether oxygens (including phenoxy) is 1. The number of aromatic nitrogens is 1. The summed E-state index contributed by atoms with van der Waals surface area (Å²) in [5.74, 6) is -0.127. The van der Waals surface area contributed by atoms with Gasteiger partial charge in [0.25, 0.3) is 5.91 Å². The highest BCUT2D eigenvalue weighted by Gasteiger charge is 2.22. The number of hydrogen-bond acceptors (Lipinski definition) is 3. The fourth-order valence-electron chi connectivity index (χ4n) is 3.64. The van der Waals surface area contributed by atoms with Gasteiger partial charge in [0.2, 0.25) is 0 Å². The molecule has 2 aromatic carbocycles. The third-order valence-electron chi connectivity index (χ3n) is 5.06. The Morgan fingerprint density at radius 3 is 2.82 bits per heavy atom. The van der Waals surface area contributed by atoms with Crippen molar-refractivity contribution in [2.75, 3.05) is 13.2 Å². The van der Waals surface area contributed by atoms with Gasteiger partial charge in [0.1, 0.15) is 0 Å². The molecule has 1 atom stereocenters. The molecule has 1 fully saturated rings. The smallest absolute Gasteiger partial charge is 0.252 e. The number of para-hydroxylation sites is 1. The minimum absolute atomic E-state index is 0.0857. The molecule has 144 valence electrons. The molecule has 1 aliphatic rings. The van der Waals surface area contributed by atoms with Gasteiger partial charge in [-0.25, -0.2) is 4.98 Å². The number of hydrogen-bond donors (Lipinski definition) is 1. The molecule has 6 heteroatoms. The minimum Gasteiger partial charge on any atom is -0.376 e. The lowest BCUT2D eigenvalue weighted by Gasteiger charge is -2.17. The van der Waals surface area contributed by atoms with E-state index in [0.717, 1.165) is 41.5 Å². The number of benzene rings is 2. The van der Waals surface area contributed by atoms with Gasteiger partial charge in [-0.05, 0) is 49.6 Å². The van der Waals surface area contributed by atoms with Crippen LogP contribution in [-0.4, -0.2) is 30.1 Å². The highest BCUT2D eigenvalue weighted by molar-refractivity contribution is 6.36. The standard InChI is InChI=1S/C22H20Cl2N2O2/c1-13-20(22(27)25-12-15-5-4-10-28-15)17-6-2-3-7-19(17)26-21(13)16-9-8-14(23)11-18(16)24/h2-3,6-9,11,15H,4-5,10,12H2,1H3,(H,25,27)/t15-/m0/s1. The Bertz CT molecular complexity index is 1050. The van der Waals surface area contributed by atoms with Crippen LogP contribution >= 0.6 is 23.2 Å². The number of pyridine rings is 1. The number of rotatable bonds is 4. The van der Waals surface area contributed by atoms with Crippen molar-refractivity contribution in [2.24, 2.45) is 0 Å². The second kappa shape index (κ2) is 8.08. The zero-order chi connectivity index (χ0) is 19.7. The molecule has 0 spiro atoms. The number of fused-ring (bicyclic) bond motifs is 1. The number of halogens is 2. The minimum atomic E-state index is -0.127. The molecule has 0 radical (unpaired) electrons. The first kappa shape index (κ1) is 19.2. The van der Waals surface area contributed by atoms with Crippen LogP contribution in [0.5, 0.6) is 0 Å². The van der Waals surface area contributed by atoms with E-state index in [0.29, 0.717) is 27.8 Å². The van der Waals surface area contributed by atoms with Crippen LogP contribution in [0, 0.1) is 6.92 Å². The van der Waals surface area contributed by atoms with Crippen molar-refractivity contribution in [1.82, 2.24) is 10.3 Å². The second-order valence-corrected chi connectivity index (χ2v) is 7.79. The van der Waals surface area contributed by atoms with Gasteiger partial charge in [-0.1, -0.05) is 41.4 Å². The molecule has 1 amide bonds. The Balaban J connectivity index is 1.80. The molecule has 3 aromatic rings. The van der Waals surface area contributed by atoms with Gasteiger partial charge in [0.15, 0.2) is 0 Å². The van der Waals surface area contributed by atoms with Crippen molar-refractivity contribution in [2.45, 2.75) is 25.9 Å². The molecule has 1 aromatic heterocycles. The molecule has 2 heterocycles. The van der Waals surface area contributed by atoms with Crippen LogP contribution < -0.4 is 5.32 Å². The summed E-state index contributed by atoms with van der Waals surface area (Å²) in [5.41, 5.74) is 3.58. The molecule has 1 aliphatic heterocycles. The van der Waals surface area contributed by atoms with Crippen LogP contribution in [0.2, 0.25) is 10.0 Å². The van der Waals surface area contributed by atoms with Crippen LogP contribution in [0.1, 0.15) is 28.8 Å². The summed E-state index contributed by atoms with van der Waals surface area (Å²) in [5, 5.41) is 4.91. The van der Waals surface area contributed by atoms with Crippen molar-refractivity contribution in [3.05, 3.63) is 63.6 Å². The lowest BCUT2D eigenvalue weighted by Crippen LogP contribution is -2.32. The SMILES string of the molecule is Cc1c(-c2ccc(Cl)cc2Cl)nc2ccccc2c1C(=O)NC[C@@H]1CCCO1. The van der Waals surface area contributed by atoms with Gasteiger partial charge in [0, 0.05) is 29.1 Å². The Hall–Kier alpha value is -2.14. The summed E-state index contributed by atoms with van der Waals surface area (Å²) in [6.07, 6.45) is 2.10. The van der Waals surface area contributed by atoms with Crippen molar-refractivity contribution in [1.29, 1.82) is 0 Å². The highest BCUT2D eigenvalue weighted by Crippen LogP contribution is 2.34. The molecule has 1 N–H and O–H groups in total. The molecular weight excluding hydrogens is 395 g/mol. The highest BCUT2D eigenvalue weighted by atomic mass is 35.5. The number of nitrogens with zero attached hydrogens (tertiary/aromatic N) is 1. The lowest BCUT2D eigenvalue weighted by atomic mass is 9.97. The molecule has 4 nitrogen and oxygen atoms in total. The predicted molar refractivity (Wildman–Crippen MR) is 113 cm³/mol. The number of amides is 1. The van der Waals surface area contributed by atoms with E-state index in [1.54, 1.807) is 12.1 Å². The number of carbonyl (C=O) groups is 1. The summed E-state index contributed by atoms with van der Waals surface area (Å²) in [4.78, 5) is 17.9. The molecule has 28 heavy (non-hydrogen) atoms. The zero-order valence-electron chi connectivity index (χ0n) is 15.5. The average Bonchev–Trinajstić information content (AvgIpc) is 3.20. The number of nitrogens with one attached hydrogen (secondary N) is 1. The van der Waals surface area contributed by atoms with Crippen molar-refractivity contribution >= 4 is 40.0 Å². The summed E-state index contributed by atoms with van der Waals surface area (Å²) >= 11 is 12.5. The molecule has 0 saturated carbocycles. The molecule has 0 unspecified atom stereocenters. The Kier molecular flexibility index (Phi) is 5.54. The lowest BCUT2D eigenvalue weighted by molar-refractivity contribution is 0.0858. The first-order valence-electron chi connectivity index (χ1n) is 9.29. The van der Waals surface area contributed by atoms with E-state index in [4.69, 9.17) is 32.9 Å². The molecule has 0 aliphatic carbocycles. The maximum Gasteiger partial charge on any atom is 0.252 e. The fourth-order valence-corrected chi connectivity index (χ4v) is 4.14. The molecule has 0 bridgehead atoms. The van der Waals surface area contributed by atoms with Gasteiger partial charge in [-0.15, -0.1) is 0 Å². The Morgan fingerprint density at radius 2 is 2.07 bits per heavy atom. The third kappa shape index (κ3) is 3.72. The summed E-state index contributed by atoms with van der Waals surface area (Å²) < 4.78 is 5.62. The van der Waals surface area contributed by atoms with Gasteiger partial charge >= 0.3 is 0 Å². The zero-order valence-corrected chi connectivity index (χ0v) is 17.0. The van der Waals surface area contributed by atoms with Crippen LogP contribution in [0.15, 0.2) is 42.5 Å². The van der Waals surface area contributed by atoms with E-state index in [1.165, 1.54) is 0 Å². The van der Waals surface area contributed by atoms with E-state index < -0.39 is 0 Å². The third-order valence-corrected chi connectivity index (χ3v) is 5.61. The van der Waals surface area contributed by atoms with Crippen LogP contribution in [-0.2, 0) is 4.74 Å². The van der Waals surface area contributed by atoms with Crippen molar-refractivity contribution in [3.63, 3.8) is 0 Å². The Morgan fingerprint density at radius 1 is 1.25 bits per heavy atom. The first-order valence-corrected chi connectivity index (χ1v) is 10.0. The molecular formula is C22H20Cl2N2O2. The van der Waals surface area contributed by atoms with Crippen LogP contribution in [0.25, 0.3) is 22.2 Å². The van der Waals surface area contributed by atoms with E-state index in [1.807, 2.05) is 37.3 Å². The molecule has 4 rings (SSSR count). The quantitative estimate of drug-likeness (QED) is 0.619. The maximum absolute atomic E-state index is 13.1. The second-order valence-electron chi connectivity index (χ2n) is 6.95. The van der Waals surface area contributed by atoms with Gasteiger partial charge in [-0.2, -0.15) is 0 Å². The van der Waals surface area contributed by atoms with Crippen LogP contribution in [0.4, 0.5) is 0 Å². The van der Waals surface area contributed by atoms with Gasteiger partial charge in [-0.3, -0.25) is 4.79 Å². The first-order chi connectivity index (χ1) is 13.5. The Labute approximate surface area is 173 Å². The van der Waals surface area contributed by atoms with Gasteiger partial charge < -0.3 is 10.1 Å². The maximum atomic E-state index is 13.1.